The van der Waals surface area contributed by atoms with Gasteiger partial charge in [-0.25, -0.2) is 8.42 Å². The summed E-state index contributed by atoms with van der Waals surface area (Å²) in [6.07, 6.45) is 3.82. The second-order valence-electron chi connectivity index (χ2n) is 7.28. The lowest BCUT2D eigenvalue weighted by molar-refractivity contribution is 0.102. The molecule has 1 amide bonds. The van der Waals surface area contributed by atoms with Crippen LogP contribution in [0.4, 0.5) is 5.69 Å². The summed E-state index contributed by atoms with van der Waals surface area (Å²) >= 11 is 0. The largest absolute Gasteiger partial charge is 0.492 e. The second-order valence-corrected chi connectivity index (χ2v) is 9.16. The highest BCUT2D eigenvalue weighted by Crippen LogP contribution is 2.30. The van der Waals surface area contributed by atoms with Crippen molar-refractivity contribution in [2.45, 2.75) is 51.3 Å². The van der Waals surface area contributed by atoms with E-state index in [0.717, 1.165) is 25.7 Å². The van der Waals surface area contributed by atoms with E-state index < -0.39 is 15.9 Å². The average molecular weight is 420 g/mol. The minimum atomic E-state index is -3.65. The molecule has 1 saturated heterocycles. The van der Waals surface area contributed by atoms with E-state index >= 15 is 0 Å². The number of sulfonamides is 1. The Balaban J connectivity index is 1.90. The topological polar surface area (TPSA) is 91.5 Å². The summed E-state index contributed by atoms with van der Waals surface area (Å²) in [6, 6.07) is 7.17. The number of para-hydroxylation sites is 2. The summed E-state index contributed by atoms with van der Waals surface area (Å²) in [5.41, 5.74) is 1.72. The molecule has 0 atom stereocenters. The van der Waals surface area contributed by atoms with Crippen molar-refractivity contribution in [3.05, 3.63) is 41.2 Å². The molecule has 1 fully saturated rings. The first-order valence-electron chi connectivity index (χ1n) is 10.1. The molecule has 3 rings (SSSR count). The van der Waals surface area contributed by atoms with E-state index in [2.05, 4.69) is 10.3 Å². The summed E-state index contributed by atoms with van der Waals surface area (Å²) in [6.45, 7) is 6.77. The Hall–Kier alpha value is -2.32. The number of aryl methyl sites for hydroxylation is 1. The number of anilines is 1. The Morgan fingerprint density at radius 2 is 1.79 bits per heavy atom. The third-order valence-corrected chi connectivity index (χ3v) is 7.37. The van der Waals surface area contributed by atoms with Crippen molar-refractivity contribution in [2.24, 2.45) is 0 Å². The molecule has 29 heavy (non-hydrogen) atoms. The Morgan fingerprint density at radius 1 is 1.14 bits per heavy atom. The van der Waals surface area contributed by atoms with E-state index in [1.807, 2.05) is 13.0 Å². The number of hydrogen-bond donors (Lipinski definition) is 2. The van der Waals surface area contributed by atoms with Gasteiger partial charge in [-0.3, -0.25) is 4.79 Å². The maximum absolute atomic E-state index is 13.3. The van der Waals surface area contributed by atoms with Gasteiger partial charge in [0.15, 0.2) is 0 Å². The molecular formula is C21H29N3O4S. The van der Waals surface area contributed by atoms with Crippen molar-refractivity contribution < 1.29 is 17.9 Å². The lowest BCUT2D eigenvalue weighted by Crippen LogP contribution is -2.32. The van der Waals surface area contributed by atoms with E-state index in [9.17, 15) is 13.2 Å². The van der Waals surface area contributed by atoms with E-state index in [1.165, 1.54) is 0 Å². The molecule has 158 valence electrons. The number of carbonyl (C=O) groups excluding carboxylic acids is 1. The second kappa shape index (κ2) is 9.00. The first-order chi connectivity index (χ1) is 13.9. The molecule has 2 heterocycles. The predicted molar refractivity (Wildman–Crippen MR) is 113 cm³/mol. The van der Waals surface area contributed by atoms with Gasteiger partial charge in [0.25, 0.3) is 5.91 Å². The fraction of sp³-hybridized carbons (Fsp3) is 0.476. The molecule has 2 N–H and O–H groups in total. The van der Waals surface area contributed by atoms with E-state index in [0.29, 0.717) is 42.4 Å². The standard InChI is InChI=1S/C21H29N3O4S/c1-4-28-18-12-8-7-11-17(18)23-21(25)19-15(2)20(16(3)22-19)29(26,27)24-13-9-5-6-10-14-24/h7-8,11-12,22H,4-6,9-10,13-14H2,1-3H3,(H,23,25). The number of H-pyrrole nitrogens is 1. The van der Waals surface area contributed by atoms with Crippen molar-refractivity contribution in [3.63, 3.8) is 0 Å². The van der Waals surface area contributed by atoms with E-state index in [-0.39, 0.29) is 10.6 Å². The van der Waals surface area contributed by atoms with Gasteiger partial charge in [0.1, 0.15) is 16.3 Å². The average Bonchev–Trinajstić information content (AvgIpc) is 2.87. The van der Waals surface area contributed by atoms with Gasteiger partial charge in [-0.1, -0.05) is 25.0 Å². The molecule has 1 aromatic carbocycles. The van der Waals surface area contributed by atoms with Gasteiger partial charge >= 0.3 is 0 Å². The first-order valence-corrected chi connectivity index (χ1v) is 11.5. The van der Waals surface area contributed by atoms with Crippen LogP contribution in [-0.4, -0.2) is 43.3 Å². The van der Waals surface area contributed by atoms with E-state index in [4.69, 9.17) is 4.74 Å². The quantitative estimate of drug-likeness (QED) is 0.744. The summed E-state index contributed by atoms with van der Waals surface area (Å²) in [5.74, 6) is 0.178. The predicted octanol–water partition coefficient (Wildman–Crippen LogP) is 3.85. The number of aromatic nitrogens is 1. The minimum absolute atomic E-state index is 0.211. The van der Waals surface area contributed by atoms with Crippen LogP contribution in [0.15, 0.2) is 29.2 Å². The molecule has 1 aliphatic heterocycles. The number of benzene rings is 1. The van der Waals surface area contributed by atoms with Gasteiger partial charge in [-0.15, -0.1) is 0 Å². The number of aromatic amines is 1. The zero-order valence-electron chi connectivity index (χ0n) is 17.2. The zero-order chi connectivity index (χ0) is 21.0. The number of ether oxygens (including phenoxy) is 1. The maximum Gasteiger partial charge on any atom is 0.272 e. The van der Waals surface area contributed by atoms with Crippen molar-refractivity contribution >= 4 is 21.6 Å². The number of rotatable bonds is 6. The van der Waals surface area contributed by atoms with Crippen molar-refractivity contribution in [3.8, 4) is 5.75 Å². The van der Waals surface area contributed by atoms with Gasteiger partial charge in [-0.2, -0.15) is 4.31 Å². The lowest BCUT2D eigenvalue weighted by atomic mass is 10.2. The molecule has 0 bridgehead atoms. The molecule has 8 heteroatoms. The van der Waals surface area contributed by atoms with Gasteiger partial charge in [-0.05, 0) is 51.3 Å². The molecule has 7 nitrogen and oxygen atoms in total. The summed E-state index contributed by atoms with van der Waals surface area (Å²) in [7, 11) is -3.65. The Bertz CT molecular complexity index is 974. The molecular weight excluding hydrogens is 390 g/mol. The van der Waals surface area contributed by atoms with Crippen LogP contribution in [-0.2, 0) is 10.0 Å². The fourth-order valence-corrected chi connectivity index (χ4v) is 5.72. The molecule has 0 radical (unpaired) electrons. The maximum atomic E-state index is 13.3. The van der Waals surface area contributed by atoms with Crippen LogP contribution in [0.3, 0.4) is 0 Å². The SMILES string of the molecule is CCOc1ccccc1NC(=O)c1[nH]c(C)c(S(=O)(=O)N2CCCCCC2)c1C. The summed E-state index contributed by atoms with van der Waals surface area (Å²) < 4.78 is 33.6. The normalized spacial score (nSPS) is 15.7. The molecule has 1 aliphatic rings. The van der Waals surface area contributed by atoms with Crippen LogP contribution in [0.25, 0.3) is 0 Å². The number of nitrogens with one attached hydrogen (secondary N) is 2. The van der Waals surface area contributed by atoms with Gasteiger partial charge in [0.05, 0.1) is 12.3 Å². The van der Waals surface area contributed by atoms with Crippen molar-refractivity contribution in [1.29, 1.82) is 0 Å². The Kier molecular flexibility index (Phi) is 6.64. The zero-order valence-corrected chi connectivity index (χ0v) is 18.1. The van der Waals surface area contributed by atoms with Crippen LogP contribution in [0.5, 0.6) is 5.75 Å². The van der Waals surface area contributed by atoms with Crippen molar-refractivity contribution in [2.75, 3.05) is 25.0 Å². The third kappa shape index (κ3) is 4.48. The number of amides is 1. The summed E-state index contributed by atoms with van der Waals surface area (Å²) in [5, 5.41) is 2.83. The van der Waals surface area contributed by atoms with E-state index in [1.54, 1.807) is 36.4 Å². The van der Waals surface area contributed by atoms with Gasteiger partial charge in [0.2, 0.25) is 10.0 Å². The van der Waals surface area contributed by atoms with Crippen LogP contribution in [0.2, 0.25) is 0 Å². The molecule has 1 aromatic heterocycles. The number of hydrogen-bond acceptors (Lipinski definition) is 4. The molecule has 2 aromatic rings. The molecule has 0 spiro atoms. The molecule has 0 aliphatic carbocycles. The van der Waals surface area contributed by atoms with Gasteiger partial charge < -0.3 is 15.0 Å². The van der Waals surface area contributed by atoms with Crippen molar-refractivity contribution in [1.82, 2.24) is 9.29 Å². The Morgan fingerprint density at radius 3 is 2.45 bits per heavy atom. The number of nitrogens with zero attached hydrogens (tertiary/aromatic N) is 1. The van der Waals surface area contributed by atoms with Gasteiger partial charge in [0, 0.05) is 18.8 Å². The first kappa shape index (κ1) is 21.4. The lowest BCUT2D eigenvalue weighted by Gasteiger charge is -2.20. The highest BCUT2D eigenvalue weighted by Gasteiger charge is 2.32. The van der Waals surface area contributed by atoms with Crippen LogP contribution < -0.4 is 10.1 Å². The fourth-order valence-electron chi connectivity index (χ4n) is 3.79. The minimum Gasteiger partial charge on any atom is -0.492 e. The smallest absolute Gasteiger partial charge is 0.272 e. The molecule has 0 saturated carbocycles. The highest BCUT2D eigenvalue weighted by molar-refractivity contribution is 7.89. The van der Waals surface area contributed by atoms with Crippen LogP contribution >= 0.6 is 0 Å². The number of carbonyl (C=O) groups is 1. The molecule has 0 unspecified atom stereocenters. The third-order valence-electron chi connectivity index (χ3n) is 5.19. The highest BCUT2D eigenvalue weighted by atomic mass is 32.2. The van der Waals surface area contributed by atoms with Crippen LogP contribution in [0, 0.1) is 13.8 Å². The van der Waals surface area contributed by atoms with Crippen LogP contribution in [0.1, 0.15) is 54.4 Å². The summed E-state index contributed by atoms with van der Waals surface area (Å²) in [4.78, 5) is 16.1. The Labute approximate surface area is 172 Å². The monoisotopic (exact) mass is 419 g/mol.